The number of hydrogen-bond acceptors (Lipinski definition) is 0. The lowest BCUT2D eigenvalue weighted by Crippen LogP contribution is -2.32. The van der Waals surface area contributed by atoms with Crippen LogP contribution >= 0.6 is 15.8 Å². The second-order valence-corrected chi connectivity index (χ2v) is 13.3. The van der Waals surface area contributed by atoms with Crippen LogP contribution in [-0.4, -0.2) is 22.6 Å². The van der Waals surface area contributed by atoms with Gasteiger partial charge >= 0.3 is 0 Å². The summed E-state index contributed by atoms with van der Waals surface area (Å²) in [6.45, 7) is 10.1. The highest BCUT2D eigenvalue weighted by atomic mass is 31.1. The lowest BCUT2D eigenvalue weighted by atomic mass is 10.1. The molecule has 2 heteroatoms. The third-order valence-corrected chi connectivity index (χ3v) is 12.5. The van der Waals surface area contributed by atoms with Crippen LogP contribution in [0.4, 0.5) is 0 Å². The zero-order valence-electron chi connectivity index (χ0n) is 14.0. The van der Waals surface area contributed by atoms with Gasteiger partial charge in [0.1, 0.15) is 0 Å². The fourth-order valence-corrected chi connectivity index (χ4v) is 11.8. The minimum absolute atomic E-state index is 0.0519. The van der Waals surface area contributed by atoms with Crippen LogP contribution in [0.15, 0.2) is 24.3 Å². The summed E-state index contributed by atoms with van der Waals surface area (Å²) in [4.78, 5) is 0. The largest absolute Gasteiger partial charge is 0.0688 e. The normalized spacial score (nSPS) is 35.2. The van der Waals surface area contributed by atoms with Gasteiger partial charge in [-0.1, -0.05) is 74.2 Å². The molecule has 1 aromatic carbocycles. The van der Waals surface area contributed by atoms with Gasteiger partial charge in [-0.25, -0.2) is 0 Å². The number of benzene rings is 1. The number of hydrogen-bond donors (Lipinski definition) is 0. The molecular formula is C19H30P2. The summed E-state index contributed by atoms with van der Waals surface area (Å²) in [7, 11) is 0.122. The van der Waals surface area contributed by atoms with Crippen molar-refractivity contribution >= 4 is 26.5 Å². The molecular weight excluding hydrogens is 290 g/mol. The molecule has 21 heavy (non-hydrogen) atoms. The van der Waals surface area contributed by atoms with E-state index in [4.69, 9.17) is 0 Å². The second-order valence-electron chi connectivity index (χ2n) is 7.21. The van der Waals surface area contributed by atoms with E-state index in [2.05, 4.69) is 52.0 Å². The SMILES string of the molecule is C[C@@H]1CC[C@@H](C)P1c1ccccc1P1[C@@H](C)CCC[C@@H]1C. The van der Waals surface area contributed by atoms with Gasteiger partial charge in [0.2, 0.25) is 0 Å². The molecule has 116 valence electrons. The first kappa shape index (κ1) is 16.0. The molecule has 0 bridgehead atoms. The Balaban J connectivity index is 1.99. The van der Waals surface area contributed by atoms with E-state index < -0.39 is 0 Å². The third kappa shape index (κ3) is 3.09. The van der Waals surface area contributed by atoms with Gasteiger partial charge in [-0.3, -0.25) is 0 Å². The average Bonchev–Trinajstić information content (AvgIpc) is 2.79. The van der Waals surface area contributed by atoms with E-state index in [9.17, 15) is 0 Å². The molecule has 4 atom stereocenters. The van der Waals surface area contributed by atoms with Crippen molar-refractivity contribution in [2.24, 2.45) is 0 Å². The maximum Gasteiger partial charge on any atom is -0.0158 e. The second kappa shape index (κ2) is 6.68. The quantitative estimate of drug-likeness (QED) is 0.637. The van der Waals surface area contributed by atoms with E-state index in [0.717, 1.165) is 22.6 Å². The van der Waals surface area contributed by atoms with Crippen LogP contribution in [0.5, 0.6) is 0 Å². The summed E-state index contributed by atoms with van der Waals surface area (Å²) in [6.07, 6.45) is 7.25. The van der Waals surface area contributed by atoms with Crippen molar-refractivity contribution in [3.63, 3.8) is 0 Å². The molecule has 2 aliphatic rings. The molecule has 0 spiro atoms. The van der Waals surface area contributed by atoms with E-state index in [0.29, 0.717) is 0 Å². The van der Waals surface area contributed by atoms with Gasteiger partial charge in [0.05, 0.1) is 0 Å². The molecule has 2 saturated heterocycles. The maximum absolute atomic E-state index is 2.52. The summed E-state index contributed by atoms with van der Waals surface area (Å²) in [5.41, 5.74) is 3.71. The number of rotatable bonds is 2. The van der Waals surface area contributed by atoms with Crippen molar-refractivity contribution in [2.75, 3.05) is 0 Å². The van der Waals surface area contributed by atoms with Gasteiger partial charge in [-0.05, 0) is 58.9 Å². The van der Waals surface area contributed by atoms with Crippen LogP contribution in [-0.2, 0) is 0 Å². The molecule has 0 aromatic heterocycles. The molecule has 2 heterocycles. The van der Waals surface area contributed by atoms with Crippen molar-refractivity contribution < 1.29 is 0 Å². The monoisotopic (exact) mass is 320 g/mol. The zero-order chi connectivity index (χ0) is 15.0. The van der Waals surface area contributed by atoms with Crippen molar-refractivity contribution in [3.8, 4) is 0 Å². The Bertz CT molecular complexity index is 464. The molecule has 3 rings (SSSR count). The Morgan fingerprint density at radius 1 is 0.667 bits per heavy atom. The standard InChI is InChI=1S/C19H30P2/c1-14-8-7-9-15(2)20(14)18-10-5-6-11-19(18)21-16(3)12-13-17(21)4/h5-6,10-11,14-17H,7-9,12-13H2,1-4H3/t14-,15-,16+,17+/m0/s1. The van der Waals surface area contributed by atoms with Gasteiger partial charge in [-0.15, -0.1) is 0 Å². The van der Waals surface area contributed by atoms with Gasteiger partial charge in [0.15, 0.2) is 0 Å². The summed E-state index contributed by atoms with van der Waals surface area (Å²) in [6, 6.07) is 9.60. The Morgan fingerprint density at radius 2 is 1.05 bits per heavy atom. The Hall–Kier alpha value is 0.0800. The van der Waals surface area contributed by atoms with Crippen molar-refractivity contribution in [2.45, 2.75) is 82.4 Å². The van der Waals surface area contributed by atoms with Crippen LogP contribution in [0.3, 0.4) is 0 Å². The molecule has 0 amide bonds. The fourth-order valence-electron chi connectivity index (χ4n) is 4.47. The molecule has 0 saturated carbocycles. The first-order valence-corrected chi connectivity index (χ1v) is 11.7. The molecule has 2 fully saturated rings. The smallest absolute Gasteiger partial charge is 0.0158 e. The van der Waals surface area contributed by atoms with E-state index >= 15 is 0 Å². The Labute approximate surface area is 133 Å². The van der Waals surface area contributed by atoms with E-state index in [1.54, 1.807) is 10.6 Å². The lowest BCUT2D eigenvalue weighted by molar-refractivity contribution is 0.628. The first-order valence-electron chi connectivity index (χ1n) is 8.75. The van der Waals surface area contributed by atoms with Crippen LogP contribution in [0.25, 0.3) is 0 Å². The minimum atomic E-state index is 0.0519. The van der Waals surface area contributed by atoms with Crippen LogP contribution in [0, 0.1) is 0 Å². The Morgan fingerprint density at radius 3 is 1.48 bits per heavy atom. The topological polar surface area (TPSA) is 0 Å². The zero-order valence-corrected chi connectivity index (χ0v) is 15.8. The van der Waals surface area contributed by atoms with Gasteiger partial charge < -0.3 is 0 Å². The van der Waals surface area contributed by atoms with Crippen LogP contribution in [0.2, 0.25) is 0 Å². The highest BCUT2D eigenvalue weighted by Crippen LogP contribution is 2.57. The predicted molar refractivity (Wildman–Crippen MR) is 100 cm³/mol. The summed E-state index contributed by atoms with van der Waals surface area (Å²) in [5, 5.41) is 3.58. The van der Waals surface area contributed by atoms with Crippen molar-refractivity contribution in [1.82, 2.24) is 0 Å². The van der Waals surface area contributed by atoms with E-state index in [1.807, 2.05) is 0 Å². The van der Waals surface area contributed by atoms with Gasteiger partial charge in [0.25, 0.3) is 0 Å². The van der Waals surface area contributed by atoms with E-state index in [-0.39, 0.29) is 15.8 Å². The predicted octanol–water partition coefficient (Wildman–Crippen LogP) is 5.43. The third-order valence-electron chi connectivity index (χ3n) is 5.58. The van der Waals surface area contributed by atoms with Crippen LogP contribution in [0.1, 0.15) is 59.8 Å². The molecule has 0 nitrogen and oxygen atoms in total. The minimum Gasteiger partial charge on any atom is -0.0688 e. The van der Waals surface area contributed by atoms with Crippen LogP contribution < -0.4 is 10.6 Å². The highest BCUT2D eigenvalue weighted by molar-refractivity contribution is 7.73. The summed E-state index contributed by atoms with van der Waals surface area (Å²) in [5.74, 6) is 0. The molecule has 0 radical (unpaired) electrons. The average molecular weight is 320 g/mol. The summed E-state index contributed by atoms with van der Waals surface area (Å²) >= 11 is 0. The van der Waals surface area contributed by atoms with E-state index in [1.165, 1.54) is 32.1 Å². The molecule has 0 aliphatic carbocycles. The fraction of sp³-hybridized carbons (Fsp3) is 0.684. The molecule has 0 unspecified atom stereocenters. The Kier molecular flexibility index (Phi) is 5.08. The van der Waals surface area contributed by atoms with Gasteiger partial charge in [-0.2, -0.15) is 0 Å². The highest BCUT2D eigenvalue weighted by Gasteiger charge is 2.36. The molecule has 1 aromatic rings. The van der Waals surface area contributed by atoms with Crippen molar-refractivity contribution in [1.29, 1.82) is 0 Å². The lowest BCUT2D eigenvalue weighted by Gasteiger charge is -2.38. The molecule has 2 aliphatic heterocycles. The van der Waals surface area contributed by atoms with Crippen molar-refractivity contribution in [3.05, 3.63) is 24.3 Å². The van der Waals surface area contributed by atoms with Gasteiger partial charge in [0, 0.05) is 0 Å². The maximum atomic E-state index is 2.52. The molecule has 0 N–H and O–H groups in total. The summed E-state index contributed by atoms with van der Waals surface area (Å²) < 4.78 is 0. The first-order chi connectivity index (χ1) is 10.1.